The molecule has 7 nitrogen and oxygen atoms in total. The van der Waals surface area contributed by atoms with Gasteiger partial charge in [0.25, 0.3) is 0 Å². The Bertz CT molecular complexity index is 1610. The number of pyridine rings is 1. The molecular weight excluding hydrogens is 625 g/mol. The van der Waals surface area contributed by atoms with Crippen LogP contribution < -0.4 is 9.64 Å². The van der Waals surface area contributed by atoms with Crippen molar-refractivity contribution in [2.75, 3.05) is 18.6 Å². The topological polar surface area (TPSA) is 69.5 Å². The summed E-state index contributed by atoms with van der Waals surface area (Å²) in [6.45, 7) is 18.8. The number of rotatable bonds is 10. The van der Waals surface area contributed by atoms with Crippen LogP contribution in [0.2, 0.25) is 18.1 Å². The van der Waals surface area contributed by atoms with Gasteiger partial charge in [0.05, 0.1) is 25.2 Å². The lowest BCUT2D eigenvalue weighted by atomic mass is 9.51. The van der Waals surface area contributed by atoms with E-state index < -0.39 is 8.32 Å². The lowest BCUT2D eigenvalue weighted by molar-refractivity contribution is -0.124. The van der Waals surface area contributed by atoms with Gasteiger partial charge in [0, 0.05) is 48.1 Å². The highest BCUT2D eigenvalue weighted by Gasteiger charge is 2.51. The highest BCUT2D eigenvalue weighted by molar-refractivity contribution is 6.74. The fraction of sp³-hybridized carbons (Fsp3) is 0.634. The van der Waals surface area contributed by atoms with Crippen molar-refractivity contribution in [3.8, 4) is 16.9 Å². The smallest absolute Gasteiger partial charge is 0.230 e. The van der Waals surface area contributed by atoms with E-state index in [0.717, 1.165) is 74.1 Å². The molecule has 1 amide bonds. The molecule has 0 N–H and O–H groups in total. The Morgan fingerprint density at radius 3 is 2.22 bits per heavy atom. The Morgan fingerprint density at radius 1 is 0.980 bits per heavy atom. The molecule has 266 valence electrons. The summed E-state index contributed by atoms with van der Waals surface area (Å²) in [5, 5.41) is 4.77. The zero-order chi connectivity index (χ0) is 35.2. The summed E-state index contributed by atoms with van der Waals surface area (Å²) in [6, 6.07) is 9.25. The molecule has 0 aliphatic heterocycles. The van der Waals surface area contributed by atoms with E-state index >= 15 is 0 Å². The first-order chi connectivity index (χ1) is 23.1. The van der Waals surface area contributed by atoms with Crippen LogP contribution in [0.4, 0.5) is 5.69 Å². The van der Waals surface area contributed by atoms with Crippen molar-refractivity contribution in [3.63, 3.8) is 0 Å². The van der Waals surface area contributed by atoms with Gasteiger partial charge < -0.3 is 14.1 Å². The van der Waals surface area contributed by atoms with Gasteiger partial charge in [-0.3, -0.25) is 14.5 Å². The monoisotopic (exact) mass is 684 g/mol. The van der Waals surface area contributed by atoms with Gasteiger partial charge in [0.15, 0.2) is 8.32 Å². The molecule has 0 saturated heterocycles. The molecule has 8 heteroatoms. The van der Waals surface area contributed by atoms with Crippen molar-refractivity contribution in [3.05, 3.63) is 60.2 Å². The van der Waals surface area contributed by atoms with Crippen LogP contribution in [0, 0.1) is 18.3 Å². The summed E-state index contributed by atoms with van der Waals surface area (Å²) in [4.78, 5) is 21.6. The van der Waals surface area contributed by atoms with Gasteiger partial charge >= 0.3 is 0 Å². The second-order valence-electron chi connectivity index (χ2n) is 17.5. The summed E-state index contributed by atoms with van der Waals surface area (Å²) in [5.41, 5.74) is 5.99. The summed E-state index contributed by atoms with van der Waals surface area (Å²) >= 11 is 0. The Hall–Kier alpha value is -2.97. The van der Waals surface area contributed by atoms with E-state index in [9.17, 15) is 4.79 Å². The van der Waals surface area contributed by atoms with E-state index in [4.69, 9.17) is 14.1 Å². The zero-order valence-corrected chi connectivity index (χ0v) is 32.6. The number of amides is 1. The molecule has 2 heterocycles. The number of nitrogens with zero attached hydrogens (tertiary/aromatic N) is 4. The molecular formula is C41H60N4O3Si. The minimum Gasteiger partial charge on any atom is -0.496 e. The van der Waals surface area contributed by atoms with E-state index in [1.807, 2.05) is 23.3 Å². The Balaban J connectivity index is 1.23. The van der Waals surface area contributed by atoms with Gasteiger partial charge in [-0.05, 0) is 137 Å². The SMILES string of the molecule is COc1ccc(C23CCC(CN(C(=O)C4CCC(O[Si](C)(C)C(C)(C)C)CC4)c4cncc(-c5cnn(C(C)C)c5)c4)(CC2)CC3)cc1C. The maximum Gasteiger partial charge on any atom is 0.230 e. The van der Waals surface area contributed by atoms with Crippen molar-refractivity contribution < 1.29 is 14.0 Å². The van der Waals surface area contributed by atoms with Crippen LogP contribution in [-0.4, -0.2) is 48.7 Å². The lowest BCUT2D eigenvalue weighted by Gasteiger charge is -2.55. The third-order valence-corrected chi connectivity index (χ3v) is 17.5. The number of carbonyl (C=O) groups excluding carboxylic acids is 1. The first-order valence-corrected chi connectivity index (χ1v) is 21.7. The summed E-state index contributed by atoms with van der Waals surface area (Å²) in [7, 11) is -0.104. The Morgan fingerprint density at radius 2 is 1.65 bits per heavy atom. The van der Waals surface area contributed by atoms with Gasteiger partial charge in [-0.15, -0.1) is 0 Å². The number of hydrogen-bond acceptors (Lipinski definition) is 5. The number of anilines is 1. The molecule has 49 heavy (non-hydrogen) atoms. The molecule has 0 unspecified atom stereocenters. The molecule has 4 saturated carbocycles. The van der Waals surface area contributed by atoms with Gasteiger partial charge in [0.2, 0.25) is 5.91 Å². The van der Waals surface area contributed by atoms with Crippen LogP contribution in [0.15, 0.2) is 49.1 Å². The van der Waals surface area contributed by atoms with Gasteiger partial charge in [-0.25, -0.2) is 0 Å². The Kier molecular flexibility index (Phi) is 9.97. The third-order valence-electron chi connectivity index (χ3n) is 13.0. The van der Waals surface area contributed by atoms with Crippen LogP contribution in [0.1, 0.15) is 116 Å². The molecule has 2 aromatic heterocycles. The molecule has 0 atom stereocenters. The number of hydrogen-bond donors (Lipinski definition) is 0. The second kappa shape index (κ2) is 13.6. The van der Waals surface area contributed by atoms with Crippen molar-refractivity contribution in [1.82, 2.24) is 14.8 Å². The number of aryl methyl sites for hydroxylation is 1. The predicted octanol–water partition coefficient (Wildman–Crippen LogP) is 10.0. The fourth-order valence-corrected chi connectivity index (χ4v) is 9.94. The van der Waals surface area contributed by atoms with Crippen molar-refractivity contribution in [2.45, 2.75) is 141 Å². The first kappa shape index (κ1) is 35.8. The molecule has 4 aliphatic rings. The maximum absolute atomic E-state index is 14.8. The van der Waals surface area contributed by atoms with E-state index in [2.05, 4.69) is 95.1 Å². The van der Waals surface area contributed by atoms with E-state index in [1.165, 1.54) is 30.4 Å². The second-order valence-corrected chi connectivity index (χ2v) is 22.2. The van der Waals surface area contributed by atoms with Gasteiger partial charge in [-0.2, -0.15) is 5.10 Å². The van der Waals surface area contributed by atoms with Gasteiger partial charge in [0.1, 0.15) is 5.75 Å². The van der Waals surface area contributed by atoms with Crippen LogP contribution in [0.3, 0.4) is 0 Å². The van der Waals surface area contributed by atoms with Crippen molar-refractivity contribution in [2.24, 2.45) is 11.3 Å². The highest BCUT2D eigenvalue weighted by Crippen LogP contribution is 2.58. The minimum atomic E-state index is -1.86. The van der Waals surface area contributed by atoms with Crippen LogP contribution in [0.5, 0.6) is 5.75 Å². The predicted molar refractivity (Wildman–Crippen MR) is 202 cm³/mol. The number of carbonyl (C=O) groups is 1. The first-order valence-electron chi connectivity index (χ1n) is 18.8. The summed E-state index contributed by atoms with van der Waals surface area (Å²) in [6.07, 6.45) is 18.7. The fourth-order valence-electron chi connectivity index (χ4n) is 8.52. The number of fused-ring (bicyclic) bond motifs is 3. The molecule has 4 fully saturated rings. The number of aromatic nitrogens is 3. The highest BCUT2D eigenvalue weighted by atomic mass is 28.4. The lowest BCUT2D eigenvalue weighted by Crippen LogP contribution is -2.52. The maximum atomic E-state index is 14.8. The van der Waals surface area contributed by atoms with E-state index in [-0.39, 0.29) is 39.8 Å². The van der Waals surface area contributed by atoms with Crippen LogP contribution >= 0.6 is 0 Å². The van der Waals surface area contributed by atoms with Gasteiger partial charge in [-0.1, -0.05) is 32.9 Å². The van der Waals surface area contributed by atoms with Crippen molar-refractivity contribution >= 4 is 19.9 Å². The molecule has 0 spiro atoms. The standard InChI is InChI=1S/C41H60N4O3Si/c1-29(2)45-27-33(25-43-45)32-23-35(26-42-24-32)44(38(46)31-10-13-36(14-11-31)48-49(8,9)39(4,5)6)28-40-16-19-41(20-17-40,21-18-40)34-12-15-37(47-7)30(3)22-34/h12,15,22-27,29,31,36H,10-11,13-14,16-21,28H2,1-9H3. The summed E-state index contributed by atoms with van der Waals surface area (Å²) < 4.78 is 14.4. The van der Waals surface area contributed by atoms with E-state index in [0.29, 0.717) is 0 Å². The zero-order valence-electron chi connectivity index (χ0n) is 31.6. The summed E-state index contributed by atoms with van der Waals surface area (Å²) in [5.74, 6) is 1.24. The molecule has 4 aliphatic carbocycles. The molecule has 7 rings (SSSR count). The molecule has 1 aromatic carbocycles. The van der Waals surface area contributed by atoms with Crippen LogP contribution in [-0.2, 0) is 14.6 Å². The normalized spacial score (nSPS) is 25.8. The molecule has 2 bridgehead atoms. The molecule has 3 aromatic rings. The number of ether oxygens (including phenoxy) is 1. The average molecular weight is 685 g/mol. The van der Waals surface area contributed by atoms with E-state index in [1.54, 1.807) is 7.11 Å². The largest absolute Gasteiger partial charge is 0.496 e. The van der Waals surface area contributed by atoms with Crippen molar-refractivity contribution in [1.29, 1.82) is 0 Å². The minimum absolute atomic E-state index is 0.0107. The quantitative estimate of drug-likeness (QED) is 0.199. The third kappa shape index (κ3) is 7.28. The number of methoxy groups -OCH3 is 1. The van der Waals surface area contributed by atoms with Crippen LogP contribution in [0.25, 0.3) is 11.1 Å². The number of benzene rings is 1. The average Bonchev–Trinajstić information content (AvgIpc) is 3.59. The molecule has 0 radical (unpaired) electrons. The Labute approximate surface area is 296 Å².